The quantitative estimate of drug-likeness (QED) is 0.399. The van der Waals surface area contributed by atoms with Crippen LogP contribution < -0.4 is 0 Å². The Morgan fingerprint density at radius 3 is 2.05 bits per heavy atom. The Labute approximate surface area is 120 Å². The molecule has 0 saturated heterocycles. The van der Waals surface area contributed by atoms with E-state index >= 15 is 0 Å². The Kier molecular flexibility index (Phi) is 7.84. The molecule has 0 bridgehead atoms. The average molecular weight is 284 g/mol. The molecule has 0 aromatic carbocycles. The molecular formula is C15H24O5. The number of ether oxygens (including phenoxy) is 2. The van der Waals surface area contributed by atoms with Crippen LogP contribution in [0.15, 0.2) is 24.3 Å². The Balaban J connectivity index is 3.82. The molecule has 1 atom stereocenters. The molecule has 0 fully saturated rings. The summed E-state index contributed by atoms with van der Waals surface area (Å²) >= 11 is 0. The van der Waals surface area contributed by atoms with Gasteiger partial charge in [0.25, 0.3) is 0 Å². The van der Waals surface area contributed by atoms with Crippen LogP contribution in [0.4, 0.5) is 0 Å². The van der Waals surface area contributed by atoms with Gasteiger partial charge in [-0.1, -0.05) is 13.2 Å². The molecule has 0 amide bonds. The maximum atomic E-state index is 11.2. The predicted octanol–water partition coefficient (Wildman–Crippen LogP) is 2.15. The summed E-state index contributed by atoms with van der Waals surface area (Å²) < 4.78 is 9.84. The summed E-state index contributed by atoms with van der Waals surface area (Å²) in [5.41, 5.74) is -0.431. The van der Waals surface area contributed by atoms with Gasteiger partial charge in [0, 0.05) is 11.1 Å². The van der Waals surface area contributed by atoms with E-state index in [2.05, 4.69) is 13.2 Å². The SMILES string of the molecule is C=C(C)C(=O)OCCCCC(C)(O)COC(=O)C(=C)C. The molecule has 0 rings (SSSR count). The van der Waals surface area contributed by atoms with E-state index < -0.39 is 17.5 Å². The molecule has 1 unspecified atom stereocenters. The summed E-state index contributed by atoms with van der Waals surface area (Å²) in [5.74, 6) is -0.923. The fourth-order valence-electron chi connectivity index (χ4n) is 1.31. The second-order valence-electron chi connectivity index (χ2n) is 5.23. The summed E-state index contributed by atoms with van der Waals surface area (Å²) in [4.78, 5) is 22.3. The molecule has 0 radical (unpaired) electrons. The van der Waals surface area contributed by atoms with Crippen LogP contribution in [0.2, 0.25) is 0 Å². The van der Waals surface area contributed by atoms with Crippen molar-refractivity contribution in [2.75, 3.05) is 13.2 Å². The van der Waals surface area contributed by atoms with Gasteiger partial charge >= 0.3 is 11.9 Å². The third kappa shape index (κ3) is 8.48. The molecule has 0 saturated carbocycles. The first-order valence-electron chi connectivity index (χ1n) is 6.53. The van der Waals surface area contributed by atoms with Gasteiger partial charge in [-0.15, -0.1) is 0 Å². The zero-order chi connectivity index (χ0) is 15.8. The number of rotatable bonds is 9. The first kappa shape index (κ1) is 18.4. The van der Waals surface area contributed by atoms with E-state index in [0.717, 1.165) is 0 Å². The van der Waals surface area contributed by atoms with Gasteiger partial charge in [0.2, 0.25) is 0 Å². The second-order valence-corrected chi connectivity index (χ2v) is 5.23. The normalized spacial score (nSPS) is 13.2. The van der Waals surface area contributed by atoms with Gasteiger partial charge < -0.3 is 14.6 Å². The van der Waals surface area contributed by atoms with Gasteiger partial charge in [-0.25, -0.2) is 9.59 Å². The summed E-state index contributed by atoms with van der Waals surface area (Å²) in [5, 5.41) is 10.0. The van der Waals surface area contributed by atoms with Gasteiger partial charge in [-0.2, -0.15) is 0 Å². The molecule has 0 aliphatic carbocycles. The molecule has 0 spiro atoms. The molecule has 1 N–H and O–H groups in total. The largest absolute Gasteiger partial charge is 0.462 e. The van der Waals surface area contributed by atoms with Crippen molar-refractivity contribution in [3.8, 4) is 0 Å². The molecule has 0 aromatic rings. The van der Waals surface area contributed by atoms with E-state index in [9.17, 15) is 14.7 Å². The number of esters is 2. The Morgan fingerprint density at radius 1 is 1.05 bits per heavy atom. The monoisotopic (exact) mass is 284 g/mol. The number of unbranched alkanes of at least 4 members (excludes halogenated alkanes) is 1. The van der Waals surface area contributed by atoms with E-state index in [1.54, 1.807) is 20.8 Å². The van der Waals surface area contributed by atoms with E-state index in [1.807, 2.05) is 0 Å². The number of carbonyl (C=O) groups excluding carboxylic acids is 2. The van der Waals surface area contributed by atoms with Gasteiger partial charge in [0.05, 0.1) is 12.2 Å². The first-order chi connectivity index (χ1) is 9.15. The highest BCUT2D eigenvalue weighted by Gasteiger charge is 2.22. The van der Waals surface area contributed by atoms with Crippen molar-refractivity contribution >= 4 is 11.9 Å². The fourth-order valence-corrected chi connectivity index (χ4v) is 1.31. The highest BCUT2D eigenvalue weighted by molar-refractivity contribution is 5.87. The highest BCUT2D eigenvalue weighted by Crippen LogP contribution is 2.15. The summed E-state index contributed by atoms with van der Waals surface area (Å²) in [6.45, 7) is 11.9. The maximum Gasteiger partial charge on any atom is 0.333 e. The van der Waals surface area contributed by atoms with E-state index in [0.29, 0.717) is 30.4 Å². The lowest BCUT2D eigenvalue weighted by Gasteiger charge is -2.22. The standard InChI is InChI=1S/C15H24O5/c1-11(2)13(16)19-9-7-6-8-15(5,18)10-20-14(17)12(3)4/h18H,1,3,6-10H2,2,4-5H3. The van der Waals surface area contributed by atoms with Gasteiger partial charge in [-0.05, 0) is 40.0 Å². The minimum absolute atomic E-state index is 0.0791. The van der Waals surface area contributed by atoms with Crippen molar-refractivity contribution in [1.29, 1.82) is 0 Å². The molecule has 0 heterocycles. The number of aliphatic hydroxyl groups is 1. The minimum Gasteiger partial charge on any atom is -0.462 e. The van der Waals surface area contributed by atoms with Crippen LogP contribution in [-0.4, -0.2) is 35.9 Å². The number of hydrogen-bond acceptors (Lipinski definition) is 5. The topological polar surface area (TPSA) is 72.8 Å². The molecule has 0 aliphatic heterocycles. The molecule has 0 aliphatic rings. The van der Waals surface area contributed by atoms with Crippen LogP contribution in [0.25, 0.3) is 0 Å². The van der Waals surface area contributed by atoms with E-state index in [4.69, 9.17) is 9.47 Å². The van der Waals surface area contributed by atoms with Crippen molar-refractivity contribution in [3.63, 3.8) is 0 Å². The van der Waals surface area contributed by atoms with E-state index in [-0.39, 0.29) is 13.2 Å². The Morgan fingerprint density at radius 2 is 1.55 bits per heavy atom. The lowest BCUT2D eigenvalue weighted by Crippen LogP contribution is -2.32. The van der Waals surface area contributed by atoms with E-state index in [1.165, 1.54) is 0 Å². The van der Waals surface area contributed by atoms with Gasteiger partial charge in [0.15, 0.2) is 0 Å². The molecule has 5 heteroatoms. The molecule has 114 valence electrons. The molecule has 0 aromatic heterocycles. The lowest BCUT2D eigenvalue weighted by molar-refractivity contribution is -0.146. The summed E-state index contributed by atoms with van der Waals surface area (Å²) in [7, 11) is 0. The highest BCUT2D eigenvalue weighted by atomic mass is 16.5. The molecular weight excluding hydrogens is 260 g/mol. The third-order valence-electron chi connectivity index (χ3n) is 2.55. The predicted molar refractivity (Wildman–Crippen MR) is 76.0 cm³/mol. The Hall–Kier alpha value is -1.62. The molecule has 5 nitrogen and oxygen atoms in total. The molecule has 20 heavy (non-hydrogen) atoms. The Bertz CT molecular complexity index is 382. The third-order valence-corrected chi connectivity index (χ3v) is 2.55. The van der Waals surface area contributed by atoms with Crippen molar-refractivity contribution in [1.82, 2.24) is 0 Å². The fraction of sp³-hybridized carbons (Fsp3) is 0.600. The summed E-state index contributed by atoms with van der Waals surface area (Å²) in [6, 6.07) is 0. The van der Waals surface area contributed by atoms with Crippen molar-refractivity contribution < 1.29 is 24.2 Å². The minimum atomic E-state index is -1.09. The van der Waals surface area contributed by atoms with Crippen molar-refractivity contribution in [2.45, 2.75) is 45.6 Å². The van der Waals surface area contributed by atoms with Crippen molar-refractivity contribution in [3.05, 3.63) is 24.3 Å². The van der Waals surface area contributed by atoms with Crippen LogP contribution in [0, 0.1) is 0 Å². The van der Waals surface area contributed by atoms with Crippen LogP contribution in [0.1, 0.15) is 40.0 Å². The number of carbonyl (C=O) groups is 2. The van der Waals surface area contributed by atoms with Crippen molar-refractivity contribution in [2.24, 2.45) is 0 Å². The van der Waals surface area contributed by atoms with Crippen LogP contribution in [-0.2, 0) is 19.1 Å². The van der Waals surface area contributed by atoms with Gasteiger partial charge in [-0.3, -0.25) is 0 Å². The van der Waals surface area contributed by atoms with Crippen LogP contribution >= 0.6 is 0 Å². The van der Waals surface area contributed by atoms with Crippen LogP contribution in [0.5, 0.6) is 0 Å². The second kappa shape index (κ2) is 8.53. The number of hydrogen-bond donors (Lipinski definition) is 1. The smallest absolute Gasteiger partial charge is 0.333 e. The summed E-state index contributed by atoms with van der Waals surface area (Å²) in [6.07, 6.45) is 1.73. The lowest BCUT2D eigenvalue weighted by atomic mass is 10.0. The zero-order valence-corrected chi connectivity index (χ0v) is 12.5. The van der Waals surface area contributed by atoms with Crippen LogP contribution in [0.3, 0.4) is 0 Å². The zero-order valence-electron chi connectivity index (χ0n) is 12.5. The maximum absolute atomic E-state index is 11.2. The van der Waals surface area contributed by atoms with Gasteiger partial charge in [0.1, 0.15) is 6.61 Å². The average Bonchev–Trinajstić information content (AvgIpc) is 2.34. The first-order valence-corrected chi connectivity index (χ1v) is 6.53.